The van der Waals surface area contributed by atoms with Gasteiger partial charge in [0.2, 0.25) is 0 Å². The average Bonchev–Trinajstić information content (AvgIpc) is 2.34. The number of ether oxygens (including phenoxy) is 1. The minimum atomic E-state index is -0.0721. The van der Waals surface area contributed by atoms with E-state index in [-0.39, 0.29) is 5.91 Å². The molecule has 0 saturated heterocycles. The van der Waals surface area contributed by atoms with Gasteiger partial charge in [-0.15, -0.1) is 0 Å². The third kappa shape index (κ3) is 3.64. The van der Waals surface area contributed by atoms with Crippen molar-refractivity contribution in [2.75, 3.05) is 20.3 Å². The zero-order chi connectivity index (χ0) is 11.8. The Kier molecular flexibility index (Phi) is 5.53. The summed E-state index contributed by atoms with van der Waals surface area (Å²) in [7, 11) is 1.64. The number of amides is 1. The van der Waals surface area contributed by atoms with Crippen molar-refractivity contribution in [1.82, 2.24) is 5.32 Å². The maximum absolute atomic E-state index is 11.8. The highest BCUT2D eigenvalue weighted by atomic mass is 16.5. The van der Waals surface area contributed by atoms with Gasteiger partial charge in [-0.1, -0.05) is 18.2 Å². The molecule has 0 radical (unpaired) electrons. The van der Waals surface area contributed by atoms with Gasteiger partial charge in [0.1, 0.15) is 0 Å². The summed E-state index contributed by atoms with van der Waals surface area (Å²) in [5, 5.41) is 2.83. The molecule has 16 heavy (non-hydrogen) atoms. The third-order valence-corrected chi connectivity index (χ3v) is 2.29. The summed E-state index contributed by atoms with van der Waals surface area (Å²) < 4.78 is 4.90. The predicted octanol–water partition coefficient (Wildman–Crippen LogP) is 0.912. The van der Waals surface area contributed by atoms with Crippen LogP contribution < -0.4 is 11.1 Å². The number of hydrogen-bond acceptors (Lipinski definition) is 3. The lowest BCUT2D eigenvalue weighted by atomic mass is 10.1. The summed E-state index contributed by atoms with van der Waals surface area (Å²) in [5.74, 6) is -0.0721. The lowest BCUT2D eigenvalue weighted by molar-refractivity contribution is 0.0947. The van der Waals surface area contributed by atoms with E-state index >= 15 is 0 Å². The van der Waals surface area contributed by atoms with E-state index in [0.717, 1.165) is 12.0 Å². The zero-order valence-corrected chi connectivity index (χ0v) is 9.53. The van der Waals surface area contributed by atoms with Crippen LogP contribution in [0.3, 0.4) is 0 Å². The van der Waals surface area contributed by atoms with E-state index in [1.807, 2.05) is 18.2 Å². The van der Waals surface area contributed by atoms with Gasteiger partial charge in [-0.2, -0.15) is 0 Å². The SMILES string of the molecule is COCCCNC(=O)c1ccccc1CN. The van der Waals surface area contributed by atoms with Gasteiger partial charge < -0.3 is 15.8 Å². The van der Waals surface area contributed by atoms with Crippen LogP contribution in [0.1, 0.15) is 22.3 Å². The van der Waals surface area contributed by atoms with Gasteiger partial charge in [0.25, 0.3) is 5.91 Å². The van der Waals surface area contributed by atoms with Crippen LogP contribution in [0, 0.1) is 0 Å². The number of carbonyl (C=O) groups is 1. The first kappa shape index (κ1) is 12.7. The maximum Gasteiger partial charge on any atom is 0.251 e. The minimum absolute atomic E-state index is 0.0721. The molecule has 0 unspecified atom stereocenters. The Balaban J connectivity index is 2.52. The largest absolute Gasteiger partial charge is 0.385 e. The van der Waals surface area contributed by atoms with Gasteiger partial charge in [0, 0.05) is 32.4 Å². The molecule has 1 amide bonds. The first-order chi connectivity index (χ1) is 7.79. The van der Waals surface area contributed by atoms with Gasteiger partial charge in [-0.3, -0.25) is 4.79 Å². The van der Waals surface area contributed by atoms with Gasteiger partial charge >= 0.3 is 0 Å². The van der Waals surface area contributed by atoms with Crippen LogP contribution in [0.25, 0.3) is 0 Å². The highest BCUT2D eigenvalue weighted by Gasteiger charge is 2.08. The van der Waals surface area contributed by atoms with Crippen molar-refractivity contribution < 1.29 is 9.53 Å². The van der Waals surface area contributed by atoms with E-state index in [1.165, 1.54) is 0 Å². The number of methoxy groups -OCH3 is 1. The molecule has 88 valence electrons. The van der Waals surface area contributed by atoms with Crippen molar-refractivity contribution in [1.29, 1.82) is 0 Å². The highest BCUT2D eigenvalue weighted by Crippen LogP contribution is 2.07. The second kappa shape index (κ2) is 6.98. The van der Waals surface area contributed by atoms with E-state index in [9.17, 15) is 4.79 Å². The molecule has 1 rings (SSSR count). The smallest absolute Gasteiger partial charge is 0.251 e. The fourth-order valence-electron chi connectivity index (χ4n) is 1.43. The zero-order valence-electron chi connectivity index (χ0n) is 9.53. The molecular formula is C12H18N2O2. The number of carbonyl (C=O) groups excluding carboxylic acids is 1. The fourth-order valence-corrected chi connectivity index (χ4v) is 1.43. The molecule has 0 aliphatic carbocycles. The van der Waals surface area contributed by atoms with Gasteiger partial charge in [0.05, 0.1) is 0 Å². The summed E-state index contributed by atoms with van der Waals surface area (Å²) in [5.41, 5.74) is 7.09. The second-order valence-corrected chi connectivity index (χ2v) is 3.46. The number of rotatable bonds is 6. The molecule has 3 N–H and O–H groups in total. The number of nitrogens with one attached hydrogen (secondary N) is 1. The molecule has 4 nitrogen and oxygen atoms in total. The molecule has 0 bridgehead atoms. The molecule has 0 atom stereocenters. The maximum atomic E-state index is 11.8. The van der Waals surface area contributed by atoms with Crippen LogP contribution in [0.4, 0.5) is 0 Å². The molecule has 0 saturated carbocycles. The Hall–Kier alpha value is -1.39. The van der Waals surface area contributed by atoms with Gasteiger partial charge in [0.15, 0.2) is 0 Å². The highest BCUT2D eigenvalue weighted by molar-refractivity contribution is 5.95. The van der Waals surface area contributed by atoms with Crippen LogP contribution in [-0.4, -0.2) is 26.2 Å². The lowest BCUT2D eigenvalue weighted by Crippen LogP contribution is -2.26. The average molecular weight is 222 g/mol. The molecular weight excluding hydrogens is 204 g/mol. The van der Waals surface area contributed by atoms with Crippen molar-refractivity contribution in [2.45, 2.75) is 13.0 Å². The summed E-state index contributed by atoms with van der Waals surface area (Å²) >= 11 is 0. The molecule has 0 fully saturated rings. The quantitative estimate of drug-likeness (QED) is 0.703. The van der Waals surface area contributed by atoms with Crippen molar-refractivity contribution in [3.8, 4) is 0 Å². The molecule has 0 heterocycles. The minimum Gasteiger partial charge on any atom is -0.385 e. The summed E-state index contributed by atoms with van der Waals surface area (Å²) in [6, 6.07) is 7.37. The molecule has 1 aromatic rings. The second-order valence-electron chi connectivity index (χ2n) is 3.46. The molecule has 0 aliphatic rings. The first-order valence-corrected chi connectivity index (χ1v) is 5.34. The predicted molar refractivity (Wildman–Crippen MR) is 63.2 cm³/mol. The fraction of sp³-hybridized carbons (Fsp3) is 0.417. The summed E-state index contributed by atoms with van der Waals surface area (Å²) in [4.78, 5) is 11.8. The van der Waals surface area contributed by atoms with Crippen molar-refractivity contribution in [3.63, 3.8) is 0 Å². The first-order valence-electron chi connectivity index (χ1n) is 5.34. The van der Waals surface area contributed by atoms with Crippen LogP contribution in [-0.2, 0) is 11.3 Å². The van der Waals surface area contributed by atoms with Crippen LogP contribution in [0.5, 0.6) is 0 Å². The Labute approximate surface area is 95.8 Å². The normalized spacial score (nSPS) is 10.1. The monoisotopic (exact) mass is 222 g/mol. The van der Waals surface area contributed by atoms with Crippen molar-refractivity contribution in [2.24, 2.45) is 5.73 Å². The molecule has 0 spiro atoms. The topological polar surface area (TPSA) is 64.3 Å². The number of nitrogens with two attached hydrogens (primary N) is 1. The van der Waals surface area contributed by atoms with Crippen molar-refractivity contribution in [3.05, 3.63) is 35.4 Å². The molecule has 0 aromatic heterocycles. The van der Waals surface area contributed by atoms with E-state index in [2.05, 4.69) is 5.32 Å². The molecule has 0 aliphatic heterocycles. The Morgan fingerprint density at radius 2 is 2.19 bits per heavy atom. The van der Waals surface area contributed by atoms with E-state index < -0.39 is 0 Å². The summed E-state index contributed by atoms with van der Waals surface area (Å²) in [6.07, 6.45) is 0.813. The molecule has 1 aromatic carbocycles. The van der Waals surface area contributed by atoms with Gasteiger partial charge in [-0.05, 0) is 18.1 Å². The van der Waals surface area contributed by atoms with Crippen LogP contribution in [0.2, 0.25) is 0 Å². The van der Waals surface area contributed by atoms with Crippen molar-refractivity contribution >= 4 is 5.91 Å². The lowest BCUT2D eigenvalue weighted by Gasteiger charge is -2.08. The Morgan fingerprint density at radius 1 is 1.44 bits per heavy atom. The van der Waals surface area contributed by atoms with Crippen LogP contribution in [0.15, 0.2) is 24.3 Å². The Morgan fingerprint density at radius 3 is 2.88 bits per heavy atom. The third-order valence-electron chi connectivity index (χ3n) is 2.29. The number of hydrogen-bond donors (Lipinski definition) is 2. The standard InChI is InChI=1S/C12H18N2O2/c1-16-8-4-7-14-12(15)11-6-3-2-5-10(11)9-13/h2-3,5-6H,4,7-9,13H2,1H3,(H,14,15). The Bertz CT molecular complexity index is 340. The molecule has 4 heteroatoms. The van der Waals surface area contributed by atoms with Crippen LogP contribution >= 0.6 is 0 Å². The summed E-state index contributed by atoms with van der Waals surface area (Å²) in [6.45, 7) is 1.64. The van der Waals surface area contributed by atoms with E-state index in [4.69, 9.17) is 10.5 Å². The number of benzene rings is 1. The van der Waals surface area contributed by atoms with E-state index in [1.54, 1.807) is 13.2 Å². The van der Waals surface area contributed by atoms with E-state index in [0.29, 0.717) is 25.3 Å². The van der Waals surface area contributed by atoms with Gasteiger partial charge in [-0.25, -0.2) is 0 Å².